The molecule has 2 heterocycles. The predicted molar refractivity (Wildman–Crippen MR) is 82.8 cm³/mol. The lowest BCUT2D eigenvalue weighted by Gasteiger charge is -2.10. The lowest BCUT2D eigenvalue weighted by molar-refractivity contribution is 0.0949. The normalized spacial score (nSPS) is 10.1. The molecule has 0 bridgehead atoms. The van der Waals surface area contributed by atoms with Crippen molar-refractivity contribution in [3.63, 3.8) is 0 Å². The molecule has 1 amide bonds. The smallest absolute Gasteiger partial charge is 0.254 e. The Morgan fingerprint density at radius 3 is 3.05 bits per heavy atom. The van der Waals surface area contributed by atoms with Gasteiger partial charge in [0.1, 0.15) is 4.64 Å². The molecule has 0 fully saturated rings. The van der Waals surface area contributed by atoms with Crippen LogP contribution in [0.5, 0.6) is 5.88 Å². The van der Waals surface area contributed by atoms with Crippen molar-refractivity contribution in [2.45, 2.75) is 19.9 Å². The van der Waals surface area contributed by atoms with Gasteiger partial charge in [-0.05, 0) is 24.6 Å². The summed E-state index contributed by atoms with van der Waals surface area (Å²) < 4.78 is 5.98. The van der Waals surface area contributed by atoms with E-state index in [4.69, 9.17) is 17.0 Å². The SMILES string of the molecule is CCCOc1ncccc1CNC(=O)c1ccc[nH]c1=S. The van der Waals surface area contributed by atoms with Crippen LogP contribution in [0.25, 0.3) is 0 Å². The lowest BCUT2D eigenvalue weighted by atomic mass is 10.2. The molecule has 0 aliphatic rings. The molecule has 2 N–H and O–H groups in total. The first-order valence-corrected chi connectivity index (χ1v) is 7.15. The minimum absolute atomic E-state index is 0.220. The van der Waals surface area contributed by atoms with Crippen LogP contribution >= 0.6 is 12.2 Å². The first-order valence-electron chi connectivity index (χ1n) is 6.75. The number of H-pyrrole nitrogens is 1. The maximum absolute atomic E-state index is 12.1. The highest BCUT2D eigenvalue weighted by molar-refractivity contribution is 7.71. The highest BCUT2D eigenvalue weighted by Gasteiger charge is 2.09. The first-order chi connectivity index (χ1) is 10.2. The third kappa shape index (κ3) is 4.13. The van der Waals surface area contributed by atoms with Gasteiger partial charge in [0.25, 0.3) is 5.91 Å². The third-order valence-electron chi connectivity index (χ3n) is 2.80. The van der Waals surface area contributed by atoms with Gasteiger partial charge in [-0.25, -0.2) is 4.98 Å². The number of hydrogen-bond donors (Lipinski definition) is 2. The molecule has 6 heteroatoms. The molecular formula is C15H17N3O2S. The number of aromatic nitrogens is 2. The maximum Gasteiger partial charge on any atom is 0.254 e. The number of nitrogens with zero attached hydrogens (tertiary/aromatic N) is 1. The summed E-state index contributed by atoms with van der Waals surface area (Å²) in [6.07, 6.45) is 4.27. The number of pyridine rings is 2. The average molecular weight is 303 g/mol. The Morgan fingerprint density at radius 2 is 2.29 bits per heavy atom. The van der Waals surface area contributed by atoms with Crippen LogP contribution in [0.2, 0.25) is 0 Å². The van der Waals surface area contributed by atoms with Crippen LogP contribution < -0.4 is 10.1 Å². The van der Waals surface area contributed by atoms with Crippen LogP contribution in [0.15, 0.2) is 36.7 Å². The van der Waals surface area contributed by atoms with Crippen LogP contribution in [0.1, 0.15) is 29.3 Å². The van der Waals surface area contributed by atoms with Crippen LogP contribution in [-0.4, -0.2) is 22.5 Å². The van der Waals surface area contributed by atoms with Crippen LogP contribution in [0.3, 0.4) is 0 Å². The van der Waals surface area contributed by atoms with E-state index < -0.39 is 0 Å². The Balaban J connectivity index is 2.05. The number of aromatic amines is 1. The maximum atomic E-state index is 12.1. The van der Waals surface area contributed by atoms with Gasteiger partial charge < -0.3 is 15.0 Å². The zero-order valence-electron chi connectivity index (χ0n) is 11.8. The molecule has 0 saturated carbocycles. The molecule has 5 nitrogen and oxygen atoms in total. The van der Waals surface area contributed by atoms with Crippen molar-refractivity contribution < 1.29 is 9.53 Å². The van der Waals surface area contributed by atoms with Crippen molar-refractivity contribution in [3.05, 3.63) is 52.4 Å². The first kappa shape index (κ1) is 15.2. The number of carbonyl (C=O) groups is 1. The monoisotopic (exact) mass is 303 g/mol. The van der Waals surface area contributed by atoms with Crippen molar-refractivity contribution in [1.82, 2.24) is 15.3 Å². The van der Waals surface area contributed by atoms with Gasteiger partial charge in [0.05, 0.1) is 12.2 Å². The van der Waals surface area contributed by atoms with E-state index in [1.165, 1.54) is 0 Å². The fourth-order valence-electron chi connectivity index (χ4n) is 1.76. The lowest BCUT2D eigenvalue weighted by Crippen LogP contribution is -2.23. The molecule has 2 aromatic heterocycles. The molecule has 2 rings (SSSR count). The van der Waals surface area contributed by atoms with E-state index in [1.54, 1.807) is 24.5 Å². The summed E-state index contributed by atoms with van der Waals surface area (Å²) in [7, 11) is 0. The summed E-state index contributed by atoms with van der Waals surface area (Å²) in [5.74, 6) is 0.333. The van der Waals surface area contributed by atoms with E-state index in [-0.39, 0.29) is 5.91 Å². The fraction of sp³-hybridized carbons (Fsp3) is 0.267. The quantitative estimate of drug-likeness (QED) is 0.805. The summed E-state index contributed by atoms with van der Waals surface area (Å²) in [5.41, 5.74) is 1.29. The largest absolute Gasteiger partial charge is 0.477 e. The molecule has 0 aliphatic carbocycles. The summed E-state index contributed by atoms with van der Waals surface area (Å²) in [6, 6.07) is 7.12. The zero-order chi connectivity index (χ0) is 15.1. The van der Waals surface area contributed by atoms with Crippen molar-refractivity contribution in [3.8, 4) is 5.88 Å². The van der Waals surface area contributed by atoms with Gasteiger partial charge >= 0.3 is 0 Å². The van der Waals surface area contributed by atoms with E-state index in [0.717, 1.165) is 12.0 Å². The molecule has 0 aliphatic heterocycles. The van der Waals surface area contributed by atoms with E-state index in [0.29, 0.717) is 29.2 Å². The molecule has 0 aromatic carbocycles. The molecule has 21 heavy (non-hydrogen) atoms. The summed E-state index contributed by atoms with van der Waals surface area (Å²) >= 11 is 5.09. The minimum atomic E-state index is -0.220. The van der Waals surface area contributed by atoms with E-state index in [9.17, 15) is 4.79 Å². The van der Waals surface area contributed by atoms with Crippen LogP contribution in [-0.2, 0) is 6.54 Å². The van der Waals surface area contributed by atoms with Gasteiger partial charge in [-0.3, -0.25) is 4.79 Å². The van der Waals surface area contributed by atoms with E-state index >= 15 is 0 Å². The van der Waals surface area contributed by atoms with E-state index in [2.05, 4.69) is 15.3 Å². The Morgan fingerprint density at radius 1 is 1.43 bits per heavy atom. The number of carbonyl (C=O) groups excluding carboxylic acids is 1. The molecule has 0 radical (unpaired) electrons. The van der Waals surface area contributed by atoms with E-state index in [1.807, 2.05) is 19.1 Å². The topological polar surface area (TPSA) is 67.0 Å². The minimum Gasteiger partial charge on any atom is -0.477 e. The fourth-order valence-corrected chi connectivity index (χ4v) is 1.99. The summed E-state index contributed by atoms with van der Waals surface area (Å²) in [6.45, 7) is 2.97. The van der Waals surface area contributed by atoms with Gasteiger partial charge in [-0.1, -0.05) is 25.2 Å². The van der Waals surface area contributed by atoms with Gasteiger partial charge in [-0.15, -0.1) is 0 Å². The molecule has 0 unspecified atom stereocenters. The predicted octanol–water partition coefficient (Wildman–Crippen LogP) is 2.86. The average Bonchev–Trinajstić information content (AvgIpc) is 2.52. The second-order valence-electron chi connectivity index (χ2n) is 4.41. The summed E-state index contributed by atoms with van der Waals surface area (Å²) in [5, 5.41) is 2.83. The van der Waals surface area contributed by atoms with Crippen molar-refractivity contribution in [2.75, 3.05) is 6.61 Å². The summed E-state index contributed by atoms with van der Waals surface area (Å²) in [4.78, 5) is 19.1. The zero-order valence-corrected chi connectivity index (χ0v) is 12.6. The number of ether oxygens (including phenoxy) is 1. The highest BCUT2D eigenvalue weighted by atomic mass is 32.1. The number of rotatable bonds is 6. The highest BCUT2D eigenvalue weighted by Crippen LogP contribution is 2.14. The van der Waals surface area contributed by atoms with Crippen LogP contribution in [0, 0.1) is 4.64 Å². The second-order valence-corrected chi connectivity index (χ2v) is 4.82. The van der Waals surface area contributed by atoms with Gasteiger partial charge in [0.2, 0.25) is 5.88 Å². The third-order valence-corrected chi connectivity index (χ3v) is 3.13. The molecular weight excluding hydrogens is 286 g/mol. The van der Waals surface area contributed by atoms with Crippen molar-refractivity contribution in [2.24, 2.45) is 0 Å². The van der Waals surface area contributed by atoms with Crippen molar-refractivity contribution in [1.29, 1.82) is 0 Å². The molecule has 2 aromatic rings. The number of nitrogens with one attached hydrogen (secondary N) is 2. The number of amides is 1. The van der Waals surface area contributed by atoms with Gasteiger partial charge in [0, 0.05) is 24.5 Å². The molecule has 110 valence electrons. The Bertz CT molecular complexity index is 670. The Kier molecular flexibility index (Phi) is 5.45. The van der Waals surface area contributed by atoms with Gasteiger partial charge in [-0.2, -0.15) is 0 Å². The standard InChI is InChI=1S/C15H17N3O2S/c1-2-9-20-14-11(5-3-7-16-14)10-18-13(19)12-6-4-8-17-15(12)21/h3-8H,2,9-10H2,1H3,(H,17,21)(H,18,19). The molecule has 0 saturated heterocycles. The van der Waals surface area contributed by atoms with Crippen LogP contribution in [0.4, 0.5) is 0 Å². The Labute approximate surface area is 128 Å². The molecule has 0 atom stereocenters. The van der Waals surface area contributed by atoms with Gasteiger partial charge in [0.15, 0.2) is 0 Å². The molecule has 0 spiro atoms. The second kappa shape index (κ2) is 7.54. The number of hydrogen-bond acceptors (Lipinski definition) is 4. The van der Waals surface area contributed by atoms with Crippen molar-refractivity contribution >= 4 is 18.1 Å². The Hall–Kier alpha value is -2.21.